The third kappa shape index (κ3) is 5.07. The standard InChI is InChI=1S/C24H33N3OS/c1-2-12-27(21-9-10-22-23(16-21)29-17-26-22)13-6-5-11-25-24(28)20-14-18-7-3-4-8-19(18)15-20/h3-4,7-8,17,20-21H,2,5-6,9-16H2,1H3,(H,25,28). The predicted molar refractivity (Wildman–Crippen MR) is 119 cm³/mol. The van der Waals surface area contributed by atoms with Crippen molar-refractivity contribution < 1.29 is 4.79 Å². The van der Waals surface area contributed by atoms with Gasteiger partial charge < -0.3 is 10.2 Å². The number of aromatic nitrogens is 1. The van der Waals surface area contributed by atoms with Crippen molar-refractivity contribution in [3.8, 4) is 0 Å². The zero-order valence-corrected chi connectivity index (χ0v) is 18.3. The highest BCUT2D eigenvalue weighted by Gasteiger charge is 2.27. The summed E-state index contributed by atoms with van der Waals surface area (Å²) in [4.78, 5) is 21.2. The van der Waals surface area contributed by atoms with Crippen molar-refractivity contribution in [2.45, 2.75) is 64.3 Å². The number of amides is 1. The maximum absolute atomic E-state index is 12.5. The number of hydrogen-bond acceptors (Lipinski definition) is 4. The number of carbonyl (C=O) groups excluding carboxylic acids is 1. The summed E-state index contributed by atoms with van der Waals surface area (Å²) in [6, 6.07) is 9.12. The van der Waals surface area contributed by atoms with Crippen molar-refractivity contribution in [3.63, 3.8) is 0 Å². The molecule has 4 rings (SSSR count). The minimum absolute atomic E-state index is 0.125. The van der Waals surface area contributed by atoms with Crippen LogP contribution >= 0.6 is 11.3 Å². The Morgan fingerprint density at radius 3 is 2.72 bits per heavy atom. The molecule has 156 valence electrons. The van der Waals surface area contributed by atoms with Crippen molar-refractivity contribution in [2.24, 2.45) is 5.92 Å². The Bertz CT molecular complexity index is 793. The van der Waals surface area contributed by atoms with E-state index in [1.54, 1.807) is 0 Å². The molecule has 0 aliphatic heterocycles. The van der Waals surface area contributed by atoms with Gasteiger partial charge in [-0.05, 0) is 75.6 Å². The highest BCUT2D eigenvalue weighted by atomic mass is 32.1. The molecule has 0 bridgehead atoms. The summed E-state index contributed by atoms with van der Waals surface area (Å²) in [6.45, 7) is 5.38. The van der Waals surface area contributed by atoms with Gasteiger partial charge in [-0.15, -0.1) is 11.3 Å². The van der Waals surface area contributed by atoms with Crippen LogP contribution in [-0.2, 0) is 30.5 Å². The van der Waals surface area contributed by atoms with Crippen LogP contribution in [0.1, 0.15) is 54.3 Å². The summed E-state index contributed by atoms with van der Waals surface area (Å²) in [5, 5.41) is 3.19. The summed E-state index contributed by atoms with van der Waals surface area (Å²) in [6.07, 6.45) is 8.73. The first-order valence-corrected chi connectivity index (χ1v) is 12.1. The van der Waals surface area contributed by atoms with Gasteiger partial charge in [-0.1, -0.05) is 31.2 Å². The van der Waals surface area contributed by atoms with E-state index < -0.39 is 0 Å². The summed E-state index contributed by atoms with van der Waals surface area (Å²) in [5.41, 5.74) is 6.03. The Morgan fingerprint density at radius 2 is 1.97 bits per heavy atom. The lowest BCUT2D eigenvalue weighted by Crippen LogP contribution is -2.40. The van der Waals surface area contributed by atoms with E-state index >= 15 is 0 Å². The molecule has 5 heteroatoms. The molecule has 1 N–H and O–H groups in total. The van der Waals surface area contributed by atoms with Crippen LogP contribution in [0.2, 0.25) is 0 Å². The summed E-state index contributed by atoms with van der Waals surface area (Å²) >= 11 is 1.82. The number of benzene rings is 1. The lowest BCUT2D eigenvalue weighted by atomic mass is 9.96. The van der Waals surface area contributed by atoms with Gasteiger partial charge in [-0.3, -0.25) is 4.79 Å². The van der Waals surface area contributed by atoms with Gasteiger partial charge in [0, 0.05) is 23.4 Å². The van der Waals surface area contributed by atoms with Crippen LogP contribution in [0, 0.1) is 5.92 Å². The lowest BCUT2D eigenvalue weighted by molar-refractivity contribution is -0.124. The van der Waals surface area contributed by atoms with E-state index in [-0.39, 0.29) is 11.8 Å². The Kier molecular flexibility index (Phi) is 6.98. The summed E-state index contributed by atoms with van der Waals surface area (Å²) in [7, 11) is 0. The van der Waals surface area contributed by atoms with Crippen LogP contribution < -0.4 is 5.32 Å². The van der Waals surface area contributed by atoms with Gasteiger partial charge in [0.05, 0.1) is 11.2 Å². The van der Waals surface area contributed by atoms with Crippen LogP contribution in [0.4, 0.5) is 0 Å². The molecule has 1 atom stereocenters. The molecule has 29 heavy (non-hydrogen) atoms. The fraction of sp³-hybridized carbons (Fsp3) is 0.583. The smallest absolute Gasteiger partial charge is 0.223 e. The maximum atomic E-state index is 12.5. The SMILES string of the molecule is CCCN(CCCCNC(=O)C1Cc2ccccc2C1)C1CCc2ncsc2C1. The van der Waals surface area contributed by atoms with Crippen LogP contribution in [0.25, 0.3) is 0 Å². The molecule has 0 saturated heterocycles. The Balaban J connectivity index is 1.17. The third-order valence-electron chi connectivity index (χ3n) is 6.48. The van der Waals surface area contributed by atoms with Crippen LogP contribution in [0.3, 0.4) is 0 Å². The number of fused-ring (bicyclic) bond motifs is 2. The number of rotatable bonds is 9. The fourth-order valence-electron chi connectivity index (χ4n) is 4.90. The number of unbranched alkanes of at least 4 members (excludes halogenated alkanes) is 1. The lowest BCUT2D eigenvalue weighted by Gasteiger charge is -2.33. The summed E-state index contributed by atoms with van der Waals surface area (Å²) < 4.78 is 0. The quantitative estimate of drug-likeness (QED) is 0.634. The van der Waals surface area contributed by atoms with Crippen molar-refractivity contribution in [2.75, 3.05) is 19.6 Å². The molecule has 0 saturated carbocycles. The minimum Gasteiger partial charge on any atom is -0.356 e. The van der Waals surface area contributed by atoms with E-state index in [0.717, 1.165) is 45.2 Å². The van der Waals surface area contributed by atoms with E-state index in [4.69, 9.17) is 0 Å². The normalized spacial score (nSPS) is 18.6. The van der Waals surface area contributed by atoms with E-state index in [0.29, 0.717) is 6.04 Å². The maximum Gasteiger partial charge on any atom is 0.223 e. The van der Waals surface area contributed by atoms with Crippen molar-refractivity contribution in [3.05, 3.63) is 51.5 Å². The van der Waals surface area contributed by atoms with Crippen LogP contribution in [0.15, 0.2) is 29.8 Å². The molecule has 0 fully saturated rings. The molecule has 1 aromatic heterocycles. The molecular weight excluding hydrogens is 378 g/mol. The number of hydrogen-bond donors (Lipinski definition) is 1. The van der Waals surface area contributed by atoms with Gasteiger partial charge in [-0.2, -0.15) is 0 Å². The molecular formula is C24H33N3OS. The number of nitrogens with one attached hydrogen (secondary N) is 1. The predicted octanol–water partition coefficient (Wildman–Crippen LogP) is 4.02. The molecule has 0 radical (unpaired) electrons. The Morgan fingerprint density at radius 1 is 1.17 bits per heavy atom. The molecule has 2 aliphatic carbocycles. The summed E-state index contributed by atoms with van der Waals surface area (Å²) in [5.74, 6) is 0.358. The molecule has 1 amide bonds. The molecule has 1 unspecified atom stereocenters. The van der Waals surface area contributed by atoms with Gasteiger partial charge >= 0.3 is 0 Å². The van der Waals surface area contributed by atoms with Gasteiger partial charge in [0.1, 0.15) is 0 Å². The molecule has 0 spiro atoms. The fourth-order valence-corrected chi connectivity index (χ4v) is 5.79. The molecule has 1 aromatic carbocycles. The van der Waals surface area contributed by atoms with Crippen molar-refractivity contribution >= 4 is 17.2 Å². The zero-order chi connectivity index (χ0) is 20.1. The number of thiazole rings is 1. The number of carbonyl (C=O) groups is 1. The molecule has 2 aromatic rings. The molecule has 2 aliphatic rings. The number of aryl methyl sites for hydroxylation is 1. The van der Waals surface area contributed by atoms with Gasteiger partial charge in [-0.25, -0.2) is 4.98 Å². The largest absolute Gasteiger partial charge is 0.356 e. The van der Waals surface area contributed by atoms with E-state index in [2.05, 4.69) is 46.4 Å². The first-order valence-electron chi connectivity index (χ1n) is 11.2. The highest BCUT2D eigenvalue weighted by molar-refractivity contribution is 7.09. The topological polar surface area (TPSA) is 45.2 Å². The Labute approximate surface area is 178 Å². The van der Waals surface area contributed by atoms with Crippen LogP contribution in [-0.4, -0.2) is 41.5 Å². The first kappa shape index (κ1) is 20.5. The van der Waals surface area contributed by atoms with Gasteiger partial charge in [0.15, 0.2) is 0 Å². The third-order valence-corrected chi connectivity index (χ3v) is 7.38. The molecule has 4 nitrogen and oxygen atoms in total. The average molecular weight is 412 g/mol. The van der Waals surface area contributed by atoms with E-state index in [1.807, 2.05) is 16.8 Å². The van der Waals surface area contributed by atoms with E-state index in [9.17, 15) is 4.79 Å². The average Bonchev–Trinajstić information content (AvgIpc) is 3.38. The Hall–Kier alpha value is -1.72. The second kappa shape index (κ2) is 9.86. The zero-order valence-electron chi connectivity index (χ0n) is 17.5. The monoisotopic (exact) mass is 411 g/mol. The van der Waals surface area contributed by atoms with Crippen molar-refractivity contribution in [1.29, 1.82) is 0 Å². The minimum atomic E-state index is 0.125. The first-order chi connectivity index (χ1) is 14.2. The van der Waals surface area contributed by atoms with Gasteiger partial charge in [0.25, 0.3) is 0 Å². The second-order valence-electron chi connectivity index (χ2n) is 8.53. The van der Waals surface area contributed by atoms with Gasteiger partial charge in [0.2, 0.25) is 5.91 Å². The van der Waals surface area contributed by atoms with Crippen molar-refractivity contribution in [1.82, 2.24) is 15.2 Å². The van der Waals surface area contributed by atoms with Crippen LogP contribution in [0.5, 0.6) is 0 Å². The second-order valence-corrected chi connectivity index (χ2v) is 9.47. The molecule has 1 heterocycles. The highest BCUT2D eigenvalue weighted by Crippen LogP contribution is 2.28. The van der Waals surface area contributed by atoms with E-state index in [1.165, 1.54) is 47.5 Å². The number of nitrogens with zero attached hydrogens (tertiary/aromatic N) is 2.